The van der Waals surface area contributed by atoms with Crippen LogP contribution in [0.3, 0.4) is 0 Å². The van der Waals surface area contributed by atoms with Crippen LogP contribution in [0.2, 0.25) is 0 Å². The van der Waals surface area contributed by atoms with E-state index < -0.39 is 11.6 Å². The minimum atomic E-state index is -0.534. The van der Waals surface area contributed by atoms with Gasteiger partial charge in [0.25, 0.3) is 0 Å². The molecule has 1 aliphatic heterocycles. The number of rotatable bonds is 3. The molecule has 2 rings (SSSR count). The number of halogens is 2. The molecule has 0 aliphatic carbocycles. The highest BCUT2D eigenvalue weighted by molar-refractivity contribution is 5.46. The first kappa shape index (κ1) is 10.4. The van der Waals surface area contributed by atoms with Crippen molar-refractivity contribution < 1.29 is 8.78 Å². The summed E-state index contributed by atoms with van der Waals surface area (Å²) in [7, 11) is 0. The van der Waals surface area contributed by atoms with Gasteiger partial charge >= 0.3 is 0 Å². The molecule has 82 valence electrons. The monoisotopic (exact) mass is 212 g/mol. The van der Waals surface area contributed by atoms with Gasteiger partial charge in [-0.15, -0.1) is 0 Å². The number of benzene rings is 1. The Balaban J connectivity index is 1.97. The summed E-state index contributed by atoms with van der Waals surface area (Å²) in [6.07, 6.45) is 2.19. The molecule has 0 bridgehead atoms. The molecular weight excluding hydrogens is 198 g/mol. The first-order chi connectivity index (χ1) is 7.27. The van der Waals surface area contributed by atoms with E-state index in [4.69, 9.17) is 0 Å². The van der Waals surface area contributed by atoms with Crippen molar-refractivity contribution in [3.8, 4) is 0 Å². The van der Waals surface area contributed by atoms with Crippen LogP contribution in [0.15, 0.2) is 18.2 Å². The Morgan fingerprint density at radius 1 is 1.33 bits per heavy atom. The summed E-state index contributed by atoms with van der Waals surface area (Å²) in [4.78, 5) is 0. The van der Waals surface area contributed by atoms with Crippen molar-refractivity contribution in [1.29, 1.82) is 0 Å². The number of para-hydroxylation sites is 1. The Hall–Kier alpha value is -1.16. The molecule has 1 unspecified atom stereocenters. The lowest BCUT2D eigenvalue weighted by molar-refractivity contribution is 0.579. The van der Waals surface area contributed by atoms with Crippen LogP contribution in [0, 0.1) is 11.6 Å². The normalized spacial score (nSPS) is 20.5. The molecule has 0 amide bonds. The summed E-state index contributed by atoms with van der Waals surface area (Å²) in [5.74, 6) is -1.07. The molecule has 0 spiro atoms. The molecular formula is C11H14F2N2. The van der Waals surface area contributed by atoms with Crippen LogP contribution >= 0.6 is 0 Å². The predicted molar refractivity (Wildman–Crippen MR) is 55.9 cm³/mol. The van der Waals surface area contributed by atoms with E-state index in [-0.39, 0.29) is 5.69 Å². The van der Waals surface area contributed by atoms with Gasteiger partial charge in [0.2, 0.25) is 0 Å². The third kappa shape index (κ3) is 2.45. The van der Waals surface area contributed by atoms with E-state index >= 15 is 0 Å². The van der Waals surface area contributed by atoms with Crippen molar-refractivity contribution in [2.75, 3.05) is 18.4 Å². The van der Waals surface area contributed by atoms with Crippen LogP contribution in [-0.2, 0) is 0 Å². The van der Waals surface area contributed by atoms with Gasteiger partial charge in [0.1, 0.15) is 17.3 Å². The highest BCUT2D eigenvalue weighted by Crippen LogP contribution is 2.18. The van der Waals surface area contributed by atoms with E-state index in [1.165, 1.54) is 18.2 Å². The second kappa shape index (κ2) is 4.57. The zero-order chi connectivity index (χ0) is 10.7. The fourth-order valence-corrected chi connectivity index (χ4v) is 1.82. The molecule has 0 saturated carbocycles. The molecule has 4 heteroatoms. The molecule has 2 nitrogen and oxygen atoms in total. The lowest BCUT2D eigenvalue weighted by Crippen LogP contribution is -2.29. The van der Waals surface area contributed by atoms with E-state index in [1.54, 1.807) is 0 Å². The van der Waals surface area contributed by atoms with Crippen molar-refractivity contribution >= 4 is 5.69 Å². The summed E-state index contributed by atoms with van der Waals surface area (Å²) in [5.41, 5.74) is -0.0220. The smallest absolute Gasteiger partial charge is 0.149 e. The standard InChI is InChI=1S/C11H14F2N2/c12-9-4-1-5-10(13)11(9)15-7-8-3-2-6-14-8/h1,4-5,8,14-15H,2-3,6-7H2. The van der Waals surface area contributed by atoms with Crippen LogP contribution in [0.4, 0.5) is 14.5 Å². The van der Waals surface area contributed by atoms with Gasteiger partial charge in [-0.1, -0.05) is 6.07 Å². The van der Waals surface area contributed by atoms with E-state index in [9.17, 15) is 8.78 Å². The van der Waals surface area contributed by atoms with Crippen molar-refractivity contribution in [2.45, 2.75) is 18.9 Å². The maximum absolute atomic E-state index is 13.2. The molecule has 1 atom stereocenters. The molecule has 0 radical (unpaired) electrons. The Kier molecular flexibility index (Phi) is 3.16. The van der Waals surface area contributed by atoms with Gasteiger partial charge in [0.15, 0.2) is 0 Å². The first-order valence-corrected chi connectivity index (χ1v) is 5.18. The van der Waals surface area contributed by atoms with Gasteiger partial charge in [0, 0.05) is 12.6 Å². The Bertz CT molecular complexity index is 315. The highest BCUT2D eigenvalue weighted by atomic mass is 19.1. The molecule has 1 heterocycles. The second-order valence-corrected chi connectivity index (χ2v) is 3.77. The fraction of sp³-hybridized carbons (Fsp3) is 0.455. The molecule has 2 N–H and O–H groups in total. The SMILES string of the molecule is Fc1cccc(F)c1NCC1CCCN1. The molecule has 15 heavy (non-hydrogen) atoms. The maximum Gasteiger partial charge on any atom is 0.149 e. The number of hydrogen-bond donors (Lipinski definition) is 2. The Morgan fingerprint density at radius 2 is 2.07 bits per heavy atom. The predicted octanol–water partition coefficient (Wildman–Crippen LogP) is 2.13. The van der Waals surface area contributed by atoms with Gasteiger partial charge in [-0.05, 0) is 31.5 Å². The van der Waals surface area contributed by atoms with Crippen molar-refractivity contribution in [1.82, 2.24) is 5.32 Å². The van der Waals surface area contributed by atoms with E-state index in [1.807, 2.05) is 0 Å². The second-order valence-electron chi connectivity index (χ2n) is 3.77. The van der Waals surface area contributed by atoms with Crippen LogP contribution in [0.25, 0.3) is 0 Å². The minimum Gasteiger partial charge on any atom is -0.379 e. The summed E-state index contributed by atoms with van der Waals surface area (Å²) in [6.45, 7) is 1.56. The summed E-state index contributed by atoms with van der Waals surface area (Å²) in [6, 6.07) is 4.20. The fourth-order valence-electron chi connectivity index (χ4n) is 1.82. The Labute approximate surface area is 87.7 Å². The number of nitrogens with one attached hydrogen (secondary N) is 2. The third-order valence-electron chi connectivity index (χ3n) is 2.65. The maximum atomic E-state index is 13.2. The molecule has 0 aromatic heterocycles. The van der Waals surface area contributed by atoms with Crippen LogP contribution in [-0.4, -0.2) is 19.1 Å². The van der Waals surface area contributed by atoms with Gasteiger partial charge in [0.05, 0.1) is 0 Å². The van der Waals surface area contributed by atoms with Crippen LogP contribution < -0.4 is 10.6 Å². The zero-order valence-corrected chi connectivity index (χ0v) is 8.39. The highest BCUT2D eigenvalue weighted by Gasteiger charge is 2.15. The molecule has 1 saturated heterocycles. The number of hydrogen-bond acceptors (Lipinski definition) is 2. The molecule has 1 aromatic rings. The molecule has 1 aliphatic rings. The lowest BCUT2D eigenvalue weighted by atomic mass is 10.2. The first-order valence-electron chi connectivity index (χ1n) is 5.18. The van der Waals surface area contributed by atoms with Crippen molar-refractivity contribution in [2.24, 2.45) is 0 Å². The zero-order valence-electron chi connectivity index (χ0n) is 8.39. The topological polar surface area (TPSA) is 24.1 Å². The van der Waals surface area contributed by atoms with Crippen molar-refractivity contribution in [3.63, 3.8) is 0 Å². The summed E-state index contributed by atoms with van der Waals surface area (Å²) < 4.78 is 26.4. The lowest BCUT2D eigenvalue weighted by Gasteiger charge is -2.13. The van der Waals surface area contributed by atoms with Crippen molar-refractivity contribution in [3.05, 3.63) is 29.8 Å². The third-order valence-corrected chi connectivity index (χ3v) is 2.65. The van der Waals surface area contributed by atoms with E-state index in [0.29, 0.717) is 12.6 Å². The Morgan fingerprint density at radius 3 is 2.67 bits per heavy atom. The summed E-state index contributed by atoms with van der Waals surface area (Å²) in [5, 5.41) is 6.07. The van der Waals surface area contributed by atoms with E-state index in [2.05, 4.69) is 10.6 Å². The minimum absolute atomic E-state index is 0.0220. The van der Waals surface area contributed by atoms with Gasteiger partial charge in [-0.2, -0.15) is 0 Å². The average Bonchev–Trinajstić information content (AvgIpc) is 2.70. The number of anilines is 1. The average molecular weight is 212 g/mol. The van der Waals surface area contributed by atoms with Crippen LogP contribution in [0.1, 0.15) is 12.8 Å². The largest absolute Gasteiger partial charge is 0.379 e. The molecule has 1 fully saturated rings. The van der Waals surface area contributed by atoms with Crippen LogP contribution in [0.5, 0.6) is 0 Å². The van der Waals surface area contributed by atoms with Gasteiger partial charge in [-0.3, -0.25) is 0 Å². The van der Waals surface area contributed by atoms with E-state index in [0.717, 1.165) is 19.4 Å². The summed E-state index contributed by atoms with van der Waals surface area (Å²) >= 11 is 0. The van der Waals surface area contributed by atoms with Gasteiger partial charge < -0.3 is 10.6 Å². The van der Waals surface area contributed by atoms with Gasteiger partial charge in [-0.25, -0.2) is 8.78 Å². The molecule has 1 aromatic carbocycles. The quantitative estimate of drug-likeness (QED) is 0.802.